The molecule has 0 radical (unpaired) electrons. The van der Waals surface area contributed by atoms with Crippen molar-refractivity contribution in [3.8, 4) is 0 Å². The van der Waals surface area contributed by atoms with Crippen molar-refractivity contribution in [2.24, 2.45) is 5.41 Å². The van der Waals surface area contributed by atoms with E-state index < -0.39 is 34.8 Å². The average Bonchev–Trinajstić information content (AvgIpc) is 3.27. The van der Waals surface area contributed by atoms with Gasteiger partial charge in [0.25, 0.3) is 0 Å². The summed E-state index contributed by atoms with van der Waals surface area (Å²) < 4.78 is 25.2. The van der Waals surface area contributed by atoms with E-state index in [1.54, 1.807) is 0 Å². The van der Waals surface area contributed by atoms with Gasteiger partial charge >= 0.3 is 0 Å². The lowest BCUT2D eigenvalue weighted by molar-refractivity contribution is -0.140. The number of hydrogen-bond acceptors (Lipinski definition) is 6. The van der Waals surface area contributed by atoms with Gasteiger partial charge in [0.05, 0.1) is 29.7 Å². The summed E-state index contributed by atoms with van der Waals surface area (Å²) in [7, 11) is 0. The molecule has 6 unspecified atom stereocenters. The first-order valence-electron chi connectivity index (χ1n) is 12.5. The second-order valence-electron chi connectivity index (χ2n) is 11.8. The molecular weight excluding hydrogens is 465 g/mol. The SMILES string of the molecule is CC(C)(C)C1NC(C(=O)NC23CCC(NC(=O)COC4CCC(Cl)C(F)C4)(CC2)C(O)C3)CO1. The summed E-state index contributed by atoms with van der Waals surface area (Å²) >= 11 is 5.91. The van der Waals surface area contributed by atoms with Crippen LogP contribution in [0.15, 0.2) is 0 Å². The van der Waals surface area contributed by atoms with E-state index in [9.17, 15) is 19.1 Å². The molecule has 1 saturated heterocycles. The van der Waals surface area contributed by atoms with Crippen LogP contribution in [-0.4, -0.2) is 77.2 Å². The van der Waals surface area contributed by atoms with Gasteiger partial charge in [0.2, 0.25) is 11.8 Å². The maximum absolute atomic E-state index is 13.8. The van der Waals surface area contributed by atoms with Gasteiger partial charge in [-0.3, -0.25) is 14.9 Å². The van der Waals surface area contributed by atoms with Gasteiger partial charge in [0.15, 0.2) is 0 Å². The van der Waals surface area contributed by atoms with Crippen molar-refractivity contribution in [1.82, 2.24) is 16.0 Å². The molecule has 0 spiro atoms. The quantitative estimate of drug-likeness (QED) is 0.412. The van der Waals surface area contributed by atoms with Gasteiger partial charge in [-0.1, -0.05) is 20.8 Å². The van der Waals surface area contributed by atoms with Crippen molar-refractivity contribution in [2.75, 3.05) is 13.2 Å². The van der Waals surface area contributed by atoms with Gasteiger partial charge in [0.1, 0.15) is 25.0 Å². The van der Waals surface area contributed by atoms with Gasteiger partial charge in [-0.05, 0) is 44.9 Å². The summed E-state index contributed by atoms with van der Waals surface area (Å²) in [4.78, 5) is 25.6. The Balaban J connectivity index is 1.26. The van der Waals surface area contributed by atoms with Crippen molar-refractivity contribution >= 4 is 23.4 Å². The number of fused-ring (bicyclic) bond motifs is 3. The van der Waals surface area contributed by atoms with Crippen LogP contribution in [0.5, 0.6) is 0 Å². The van der Waals surface area contributed by atoms with Crippen molar-refractivity contribution < 1.29 is 28.6 Å². The highest BCUT2D eigenvalue weighted by atomic mass is 35.5. The first kappa shape index (κ1) is 26.1. The number of ether oxygens (including phenoxy) is 2. The Morgan fingerprint density at radius 2 is 1.91 bits per heavy atom. The topological polar surface area (TPSA) is 109 Å². The Morgan fingerprint density at radius 3 is 2.50 bits per heavy atom. The van der Waals surface area contributed by atoms with Gasteiger partial charge in [-0.25, -0.2) is 4.39 Å². The Kier molecular flexibility index (Phi) is 7.52. The molecule has 0 aromatic rings. The lowest BCUT2D eigenvalue weighted by atomic mass is 9.59. The van der Waals surface area contributed by atoms with Crippen molar-refractivity contribution in [3.05, 3.63) is 0 Å². The van der Waals surface area contributed by atoms with Crippen molar-refractivity contribution in [1.29, 1.82) is 0 Å². The first-order valence-corrected chi connectivity index (χ1v) is 12.9. The van der Waals surface area contributed by atoms with Crippen molar-refractivity contribution in [2.45, 2.75) is 119 Å². The molecule has 0 aromatic heterocycles. The minimum Gasteiger partial charge on any atom is -0.391 e. The lowest BCUT2D eigenvalue weighted by Gasteiger charge is -2.56. The summed E-state index contributed by atoms with van der Waals surface area (Å²) in [5, 5.41) is 19.9. The van der Waals surface area contributed by atoms with Crippen LogP contribution < -0.4 is 16.0 Å². The Morgan fingerprint density at radius 1 is 1.21 bits per heavy atom. The number of aliphatic hydroxyl groups excluding tert-OH is 1. The number of aliphatic hydroxyl groups is 1. The van der Waals surface area contributed by atoms with Crippen LogP contribution in [0.2, 0.25) is 0 Å². The monoisotopic (exact) mass is 503 g/mol. The standard InChI is InChI=1S/C24H39ClFN3O5/c1-22(2,3)21-27-17(12-34-21)20(32)29-23-6-8-24(9-7-23,18(30)11-23)28-19(31)13-33-14-4-5-15(25)16(26)10-14/h14-18,21,27,30H,4-13H2,1-3H3,(H,28,31)(H,29,32). The maximum atomic E-state index is 13.8. The highest BCUT2D eigenvalue weighted by Crippen LogP contribution is 2.47. The van der Waals surface area contributed by atoms with Crippen LogP contribution >= 0.6 is 11.6 Å². The minimum atomic E-state index is -1.12. The summed E-state index contributed by atoms with van der Waals surface area (Å²) in [5.74, 6) is -0.412. The van der Waals surface area contributed by atoms with Gasteiger partial charge in [0, 0.05) is 17.4 Å². The predicted octanol–water partition coefficient (Wildman–Crippen LogP) is 1.91. The largest absolute Gasteiger partial charge is 0.391 e. The van der Waals surface area contributed by atoms with E-state index >= 15 is 0 Å². The minimum absolute atomic E-state index is 0.108. The van der Waals surface area contributed by atoms with Crippen LogP contribution in [0.1, 0.15) is 72.1 Å². The number of alkyl halides is 2. The molecular formula is C24H39ClFN3O5. The van der Waals surface area contributed by atoms with E-state index in [4.69, 9.17) is 21.1 Å². The Labute approximate surface area is 206 Å². The molecule has 6 atom stereocenters. The molecule has 2 bridgehead atoms. The normalized spacial score (nSPS) is 42.4. The summed E-state index contributed by atoms with van der Waals surface area (Å²) in [6.07, 6.45) is 1.87. The highest BCUT2D eigenvalue weighted by molar-refractivity contribution is 6.21. The van der Waals surface area contributed by atoms with Gasteiger partial charge in [-0.2, -0.15) is 0 Å². The number of amides is 2. The van der Waals surface area contributed by atoms with E-state index in [0.717, 1.165) is 0 Å². The van der Waals surface area contributed by atoms with Crippen LogP contribution in [-0.2, 0) is 19.1 Å². The molecule has 2 amide bonds. The molecule has 5 fully saturated rings. The second kappa shape index (κ2) is 9.81. The van der Waals surface area contributed by atoms with Crippen LogP contribution in [0.3, 0.4) is 0 Å². The molecule has 10 heteroatoms. The average molecular weight is 504 g/mol. The lowest BCUT2D eigenvalue weighted by Crippen LogP contribution is -2.71. The smallest absolute Gasteiger partial charge is 0.246 e. The zero-order chi connectivity index (χ0) is 24.7. The van der Waals surface area contributed by atoms with Crippen molar-refractivity contribution in [3.63, 3.8) is 0 Å². The zero-order valence-corrected chi connectivity index (χ0v) is 21.1. The predicted molar refractivity (Wildman–Crippen MR) is 125 cm³/mol. The molecule has 1 aliphatic heterocycles. The highest BCUT2D eigenvalue weighted by Gasteiger charge is 2.55. The molecule has 4 aliphatic carbocycles. The van der Waals surface area contributed by atoms with E-state index in [-0.39, 0.29) is 42.6 Å². The first-order chi connectivity index (χ1) is 15.9. The molecule has 8 nitrogen and oxygen atoms in total. The van der Waals surface area contributed by atoms with E-state index in [1.807, 2.05) is 0 Å². The number of rotatable bonds is 6. The number of hydrogen-bond donors (Lipinski definition) is 4. The fourth-order valence-corrected chi connectivity index (χ4v) is 6.06. The molecule has 194 valence electrons. The molecule has 5 aliphatic rings. The number of halogens is 2. The maximum Gasteiger partial charge on any atom is 0.246 e. The zero-order valence-electron chi connectivity index (χ0n) is 20.4. The molecule has 4 N–H and O–H groups in total. The summed E-state index contributed by atoms with van der Waals surface area (Å²) in [6.45, 7) is 6.33. The van der Waals surface area contributed by atoms with Crippen LogP contribution in [0.4, 0.5) is 4.39 Å². The van der Waals surface area contributed by atoms with E-state index in [0.29, 0.717) is 51.6 Å². The second-order valence-corrected chi connectivity index (χ2v) is 12.3. The third-order valence-corrected chi connectivity index (χ3v) is 8.57. The third-order valence-electron chi connectivity index (χ3n) is 8.08. The molecule has 1 heterocycles. The molecule has 0 aromatic carbocycles. The van der Waals surface area contributed by atoms with Gasteiger partial charge in [-0.15, -0.1) is 11.6 Å². The summed E-state index contributed by atoms with van der Waals surface area (Å²) in [5.41, 5.74) is -1.30. The fourth-order valence-electron chi connectivity index (χ4n) is 5.83. The van der Waals surface area contributed by atoms with E-state index in [2.05, 4.69) is 36.7 Å². The Hall–Kier alpha value is -1.00. The third kappa shape index (κ3) is 5.53. The van der Waals surface area contributed by atoms with Gasteiger partial charge < -0.3 is 25.2 Å². The number of carbonyl (C=O) groups excluding carboxylic acids is 2. The van der Waals surface area contributed by atoms with E-state index in [1.165, 1.54) is 0 Å². The number of nitrogens with one attached hydrogen (secondary N) is 3. The van der Waals surface area contributed by atoms with Crippen LogP contribution in [0, 0.1) is 5.41 Å². The molecule has 5 rings (SSSR count). The fraction of sp³-hybridized carbons (Fsp3) is 0.917. The number of carbonyl (C=O) groups is 2. The Bertz CT molecular complexity index is 770. The van der Waals surface area contributed by atoms with Crippen LogP contribution in [0.25, 0.3) is 0 Å². The molecule has 4 saturated carbocycles. The summed E-state index contributed by atoms with van der Waals surface area (Å²) in [6, 6.07) is -0.418. The molecule has 34 heavy (non-hydrogen) atoms.